The highest BCUT2D eigenvalue weighted by Gasteiger charge is 2.03. The molecular weight excluding hydrogens is 257 g/mol. The third kappa shape index (κ3) is 2.88. The molecule has 2 aromatic rings. The van der Waals surface area contributed by atoms with Crippen LogP contribution in [0.5, 0.6) is 0 Å². The average Bonchev–Trinajstić information content (AvgIpc) is 2.31. The first-order valence-electron chi connectivity index (χ1n) is 4.78. The number of hydrogen-bond donors (Lipinski definition) is 1. The van der Waals surface area contributed by atoms with Gasteiger partial charge in [0.15, 0.2) is 0 Å². The van der Waals surface area contributed by atoms with E-state index in [1.807, 2.05) is 24.3 Å². The normalized spacial score (nSPS) is 9.71. The number of rotatable bonds is 2. The molecule has 0 saturated heterocycles. The maximum Gasteiger partial charge on any atom is 0.133 e. The first kappa shape index (κ1) is 11.7. The van der Waals surface area contributed by atoms with Crippen LogP contribution in [0, 0.1) is 11.3 Å². The van der Waals surface area contributed by atoms with E-state index in [1.54, 1.807) is 12.1 Å². The lowest BCUT2D eigenvalue weighted by molar-refractivity contribution is 1.29. The largest absolute Gasteiger partial charge is 0.339 e. The number of hydrogen-bond acceptors (Lipinski definition) is 3. The molecule has 0 aliphatic rings. The zero-order valence-electron chi connectivity index (χ0n) is 8.61. The number of para-hydroxylation sites is 1. The van der Waals surface area contributed by atoms with Crippen molar-refractivity contribution in [3.63, 3.8) is 0 Å². The maximum atomic E-state index is 8.82. The highest BCUT2D eigenvalue weighted by atomic mass is 35.5. The minimum absolute atomic E-state index is 0.263. The molecule has 1 heterocycles. The van der Waals surface area contributed by atoms with Crippen molar-refractivity contribution in [1.29, 1.82) is 5.26 Å². The van der Waals surface area contributed by atoms with Gasteiger partial charge in [0.2, 0.25) is 0 Å². The number of nitrogens with one attached hydrogen (secondary N) is 1. The highest BCUT2D eigenvalue weighted by Crippen LogP contribution is 2.25. The number of anilines is 2. The SMILES string of the molecule is N#Cc1cc(Cl)nc(Nc2ccccc2Cl)c1. The van der Waals surface area contributed by atoms with Crippen LogP contribution < -0.4 is 5.32 Å². The van der Waals surface area contributed by atoms with E-state index in [9.17, 15) is 0 Å². The van der Waals surface area contributed by atoms with Crippen molar-refractivity contribution < 1.29 is 0 Å². The lowest BCUT2D eigenvalue weighted by Gasteiger charge is -2.07. The van der Waals surface area contributed by atoms with E-state index in [2.05, 4.69) is 10.3 Å². The summed E-state index contributed by atoms with van der Waals surface area (Å²) in [7, 11) is 0. The van der Waals surface area contributed by atoms with Crippen LogP contribution in [0.1, 0.15) is 5.56 Å². The Morgan fingerprint density at radius 1 is 1.18 bits per heavy atom. The standard InChI is InChI=1S/C12H7Cl2N3/c13-9-3-1-2-4-10(9)16-12-6-8(7-15)5-11(14)17-12/h1-6H,(H,16,17). The van der Waals surface area contributed by atoms with Crippen molar-refractivity contribution in [2.75, 3.05) is 5.32 Å². The summed E-state index contributed by atoms with van der Waals surface area (Å²) < 4.78 is 0. The Balaban J connectivity index is 2.34. The Labute approximate surface area is 109 Å². The molecule has 0 aliphatic heterocycles. The van der Waals surface area contributed by atoms with Crippen molar-refractivity contribution in [3.8, 4) is 6.07 Å². The van der Waals surface area contributed by atoms with Crippen LogP contribution in [0.2, 0.25) is 10.2 Å². The van der Waals surface area contributed by atoms with Gasteiger partial charge >= 0.3 is 0 Å². The van der Waals surface area contributed by atoms with Crippen molar-refractivity contribution >= 4 is 34.7 Å². The third-order valence-corrected chi connectivity index (χ3v) is 2.58. The van der Waals surface area contributed by atoms with Gasteiger partial charge in [0.05, 0.1) is 22.3 Å². The minimum atomic E-state index is 0.263. The molecule has 0 bridgehead atoms. The molecule has 0 saturated carbocycles. The number of nitrogens with zero attached hydrogens (tertiary/aromatic N) is 2. The number of nitriles is 1. The summed E-state index contributed by atoms with van der Waals surface area (Å²) in [5.74, 6) is 0.488. The monoisotopic (exact) mass is 263 g/mol. The number of halogens is 2. The molecule has 1 aromatic heterocycles. The molecule has 3 nitrogen and oxygen atoms in total. The van der Waals surface area contributed by atoms with Gasteiger partial charge in [0.1, 0.15) is 11.0 Å². The fourth-order valence-electron chi connectivity index (χ4n) is 1.33. The van der Waals surface area contributed by atoms with Crippen LogP contribution >= 0.6 is 23.2 Å². The molecule has 0 unspecified atom stereocenters. The van der Waals surface area contributed by atoms with Gasteiger partial charge in [-0.2, -0.15) is 5.26 Å². The number of pyridine rings is 1. The quantitative estimate of drug-likeness (QED) is 0.834. The minimum Gasteiger partial charge on any atom is -0.339 e. The van der Waals surface area contributed by atoms with Crippen LogP contribution in [-0.4, -0.2) is 4.98 Å². The molecule has 1 N–H and O–H groups in total. The molecule has 1 aromatic carbocycles. The summed E-state index contributed by atoms with van der Waals surface area (Å²) in [4.78, 5) is 4.06. The molecular formula is C12H7Cl2N3. The Bertz CT molecular complexity index is 591. The van der Waals surface area contributed by atoms with Gasteiger partial charge in [0.25, 0.3) is 0 Å². The lowest BCUT2D eigenvalue weighted by atomic mass is 10.2. The van der Waals surface area contributed by atoms with E-state index in [0.29, 0.717) is 22.1 Å². The molecule has 84 valence electrons. The van der Waals surface area contributed by atoms with Gasteiger partial charge in [-0.1, -0.05) is 35.3 Å². The van der Waals surface area contributed by atoms with Crippen LogP contribution in [0.15, 0.2) is 36.4 Å². The number of benzene rings is 1. The molecule has 0 amide bonds. The maximum absolute atomic E-state index is 8.82. The Kier molecular flexibility index (Phi) is 3.48. The molecule has 0 spiro atoms. The summed E-state index contributed by atoms with van der Waals surface area (Å²) in [6.45, 7) is 0. The Hall–Kier alpha value is -1.76. The van der Waals surface area contributed by atoms with E-state index in [-0.39, 0.29) is 5.15 Å². The predicted molar refractivity (Wildman–Crippen MR) is 68.7 cm³/mol. The van der Waals surface area contributed by atoms with Crippen LogP contribution in [-0.2, 0) is 0 Å². The zero-order chi connectivity index (χ0) is 12.3. The molecule has 0 aliphatic carbocycles. The second kappa shape index (κ2) is 5.05. The fourth-order valence-corrected chi connectivity index (χ4v) is 1.72. The van der Waals surface area contributed by atoms with Gasteiger partial charge in [0, 0.05) is 0 Å². The van der Waals surface area contributed by atoms with Crippen molar-refractivity contribution in [2.24, 2.45) is 0 Å². The van der Waals surface area contributed by atoms with Gasteiger partial charge in [-0.05, 0) is 24.3 Å². The fraction of sp³-hybridized carbons (Fsp3) is 0. The van der Waals surface area contributed by atoms with Crippen molar-refractivity contribution in [1.82, 2.24) is 4.98 Å². The zero-order valence-corrected chi connectivity index (χ0v) is 10.1. The summed E-state index contributed by atoms with van der Waals surface area (Å²) in [6.07, 6.45) is 0. The van der Waals surface area contributed by atoms with E-state index in [4.69, 9.17) is 28.5 Å². The lowest BCUT2D eigenvalue weighted by Crippen LogP contribution is -1.95. The van der Waals surface area contributed by atoms with Gasteiger partial charge in [-0.25, -0.2) is 4.98 Å². The van der Waals surface area contributed by atoms with Crippen LogP contribution in [0.25, 0.3) is 0 Å². The van der Waals surface area contributed by atoms with E-state index in [1.165, 1.54) is 6.07 Å². The summed E-state index contributed by atoms with van der Waals surface area (Å²) in [5.41, 5.74) is 1.16. The molecule has 17 heavy (non-hydrogen) atoms. The second-order valence-electron chi connectivity index (χ2n) is 3.28. The van der Waals surface area contributed by atoms with Crippen molar-refractivity contribution in [2.45, 2.75) is 0 Å². The first-order chi connectivity index (χ1) is 8.19. The van der Waals surface area contributed by atoms with E-state index < -0.39 is 0 Å². The van der Waals surface area contributed by atoms with Gasteiger partial charge in [-0.3, -0.25) is 0 Å². The Morgan fingerprint density at radius 2 is 1.94 bits per heavy atom. The highest BCUT2D eigenvalue weighted by molar-refractivity contribution is 6.33. The molecule has 0 radical (unpaired) electrons. The summed E-state index contributed by atoms with van der Waals surface area (Å²) in [6, 6.07) is 12.4. The topological polar surface area (TPSA) is 48.7 Å². The summed E-state index contributed by atoms with van der Waals surface area (Å²) >= 11 is 11.8. The average molecular weight is 264 g/mol. The summed E-state index contributed by atoms with van der Waals surface area (Å²) in [5, 5.41) is 12.7. The molecule has 2 rings (SSSR count). The van der Waals surface area contributed by atoms with Crippen LogP contribution in [0.4, 0.5) is 11.5 Å². The molecule has 5 heteroatoms. The first-order valence-corrected chi connectivity index (χ1v) is 5.54. The van der Waals surface area contributed by atoms with E-state index >= 15 is 0 Å². The van der Waals surface area contributed by atoms with Gasteiger partial charge in [-0.15, -0.1) is 0 Å². The van der Waals surface area contributed by atoms with E-state index in [0.717, 1.165) is 0 Å². The molecule has 0 atom stereocenters. The number of aromatic nitrogens is 1. The van der Waals surface area contributed by atoms with Crippen LogP contribution in [0.3, 0.4) is 0 Å². The smallest absolute Gasteiger partial charge is 0.133 e. The predicted octanol–water partition coefficient (Wildman–Crippen LogP) is 4.00. The van der Waals surface area contributed by atoms with Gasteiger partial charge < -0.3 is 5.32 Å². The molecule has 0 fully saturated rings. The second-order valence-corrected chi connectivity index (χ2v) is 4.07. The Morgan fingerprint density at radius 3 is 2.65 bits per heavy atom. The van der Waals surface area contributed by atoms with Crippen molar-refractivity contribution in [3.05, 3.63) is 52.1 Å². The third-order valence-electron chi connectivity index (χ3n) is 2.06.